The summed E-state index contributed by atoms with van der Waals surface area (Å²) in [6, 6.07) is 10.5. The van der Waals surface area contributed by atoms with Crippen molar-refractivity contribution < 1.29 is 9.50 Å². The lowest BCUT2D eigenvalue weighted by molar-refractivity contribution is 0.177. The summed E-state index contributed by atoms with van der Waals surface area (Å²) in [4.78, 5) is 0. The van der Waals surface area contributed by atoms with E-state index in [0.29, 0.717) is 6.42 Å². The topological polar surface area (TPSA) is 20.2 Å². The zero-order chi connectivity index (χ0) is 14.0. The number of rotatable bonds is 3. The predicted octanol–water partition coefficient (Wildman–Crippen LogP) is 4.48. The predicted molar refractivity (Wildman–Crippen MR) is 78.7 cm³/mol. The average molecular weight is 323 g/mol. The third-order valence-corrected chi connectivity index (χ3v) is 3.99. The number of hydrogen-bond acceptors (Lipinski definition) is 1. The Morgan fingerprint density at radius 1 is 1.16 bits per heavy atom. The van der Waals surface area contributed by atoms with E-state index in [0.717, 1.165) is 26.7 Å². The zero-order valence-electron chi connectivity index (χ0n) is 11.0. The Hall–Kier alpha value is -1.19. The molecule has 1 atom stereocenters. The first-order chi connectivity index (χ1) is 8.97. The molecule has 2 aromatic carbocycles. The van der Waals surface area contributed by atoms with Crippen molar-refractivity contribution in [3.8, 4) is 0 Å². The highest BCUT2D eigenvalue weighted by Gasteiger charge is 2.13. The van der Waals surface area contributed by atoms with Crippen LogP contribution in [0.1, 0.15) is 28.4 Å². The van der Waals surface area contributed by atoms with E-state index in [1.165, 1.54) is 12.1 Å². The second kappa shape index (κ2) is 5.85. The molecule has 0 aliphatic rings. The third kappa shape index (κ3) is 3.43. The van der Waals surface area contributed by atoms with E-state index in [-0.39, 0.29) is 5.82 Å². The summed E-state index contributed by atoms with van der Waals surface area (Å²) in [7, 11) is 0. The van der Waals surface area contributed by atoms with Crippen molar-refractivity contribution in [3.05, 3.63) is 68.9 Å². The summed E-state index contributed by atoms with van der Waals surface area (Å²) in [5.41, 5.74) is 3.83. The van der Waals surface area contributed by atoms with Crippen LogP contribution in [0.2, 0.25) is 0 Å². The third-order valence-electron chi connectivity index (χ3n) is 3.21. The molecular formula is C16H16BrFO. The number of hydrogen-bond donors (Lipinski definition) is 1. The van der Waals surface area contributed by atoms with Crippen molar-refractivity contribution >= 4 is 15.9 Å². The molecule has 0 spiro atoms. The van der Waals surface area contributed by atoms with Crippen molar-refractivity contribution in [2.45, 2.75) is 26.4 Å². The van der Waals surface area contributed by atoms with Gasteiger partial charge in [-0.3, -0.25) is 0 Å². The van der Waals surface area contributed by atoms with Crippen LogP contribution in [0.25, 0.3) is 0 Å². The molecule has 0 fully saturated rings. The SMILES string of the molecule is Cc1ccc(C)c(C(O)Cc2cc(F)ccc2Br)c1. The van der Waals surface area contributed by atoms with Gasteiger partial charge in [-0.15, -0.1) is 0 Å². The van der Waals surface area contributed by atoms with Crippen LogP contribution in [0, 0.1) is 19.7 Å². The summed E-state index contributed by atoms with van der Waals surface area (Å²) < 4.78 is 14.1. The molecule has 0 amide bonds. The Kier molecular flexibility index (Phi) is 4.38. The van der Waals surface area contributed by atoms with Crippen molar-refractivity contribution in [2.75, 3.05) is 0 Å². The van der Waals surface area contributed by atoms with Crippen molar-refractivity contribution in [2.24, 2.45) is 0 Å². The molecule has 19 heavy (non-hydrogen) atoms. The molecule has 1 unspecified atom stereocenters. The highest BCUT2D eigenvalue weighted by Crippen LogP contribution is 2.26. The highest BCUT2D eigenvalue weighted by molar-refractivity contribution is 9.10. The minimum absolute atomic E-state index is 0.286. The quantitative estimate of drug-likeness (QED) is 0.883. The fraction of sp³-hybridized carbons (Fsp3) is 0.250. The van der Waals surface area contributed by atoms with Crippen LogP contribution in [0.3, 0.4) is 0 Å². The Balaban J connectivity index is 2.27. The van der Waals surface area contributed by atoms with Crippen molar-refractivity contribution in [1.29, 1.82) is 0 Å². The average Bonchev–Trinajstić information content (AvgIpc) is 2.36. The van der Waals surface area contributed by atoms with Gasteiger partial charge in [-0.2, -0.15) is 0 Å². The summed E-state index contributed by atoms with van der Waals surface area (Å²) in [6.07, 6.45) is -0.235. The number of aryl methyl sites for hydroxylation is 2. The van der Waals surface area contributed by atoms with E-state index in [2.05, 4.69) is 15.9 Å². The zero-order valence-corrected chi connectivity index (χ0v) is 12.5. The first kappa shape index (κ1) is 14.2. The molecule has 0 aliphatic carbocycles. The fourth-order valence-electron chi connectivity index (χ4n) is 2.14. The normalized spacial score (nSPS) is 12.5. The molecule has 2 aromatic rings. The number of halogens is 2. The van der Waals surface area contributed by atoms with Crippen LogP contribution in [0.5, 0.6) is 0 Å². The molecular weight excluding hydrogens is 307 g/mol. The molecule has 1 nitrogen and oxygen atoms in total. The van der Waals surface area contributed by atoms with E-state index in [4.69, 9.17) is 0 Å². The van der Waals surface area contributed by atoms with E-state index in [1.807, 2.05) is 32.0 Å². The second-order valence-electron chi connectivity index (χ2n) is 4.82. The molecule has 0 aliphatic heterocycles. The molecule has 2 rings (SSSR count). The van der Waals surface area contributed by atoms with E-state index in [1.54, 1.807) is 6.07 Å². The molecule has 0 heterocycles. The Labute approximate surface area is 121 Å². The highest BCUT2D eigenvalue weighted by atomic mass is 79.9. The lowest BCUT2D eigenvalue weighted by Gasteiger charge is -2.15. The van der Waals surface area contributed by atoms with Crippen LogP contribution < -0.4 is 0 Å². The van der Waals surface area contributed by atoms with Gasteiger partial charge in [-0.1, -0.05) is 39.7 Å². The van der Waals surface area contributed by atoms with Gasteiger partial charge in [0.1, 0.15) is 5.82 Å². The Morgan fingerprint density at radius 3 is 2.63 bits per heavy atom. The summed E-state index contributed by atoms with van der Waals surface area (Å²) in [6.45, 7) is 3.96. The van der Waals surface area contributed by atoms with Crippen LogP contribution in [-0.4, -0.2) is 5.11 Å². The molecule has 0 radical (unpaired) electrons. The van der Waals surface area contributed by atoms with E-state index >= 15 is 0 Å². The van der Waals surface area contributed by atoms with Gasteiger partial charge in [0, 0.05) is 10.9 Å². The van der Waals surface area contributed by atoms with Gasteiger partial charge in [0.2, 0.25) is 0 Å². The van der Waals surface area contributed by atoms with E-state index in [9.17, 15) is 9.50 Å². The van der Waals surface area contributed by atoms with Gasteiger partial charge >= 0.3 is 0 Å². The molecule has 0 bridgehead atoms. The lowest BCUT2D eigenvalue weighted by Crippen LogP contribution is -2.05. The second-order valence-corrected chi connectivity index (χ2v) is 5.67. The van der Waals surface area contributed by atoms with Gasteiger partial charge < -0.3 is 5.11 Å². The Bertz CT molecular complexity index is 595. The molecule has 1 N–H and O–H groups in total. The minimum Gasteiger partial charge on any atom is -0.388 e. The van der Waals surface area contributed by atoms with Gasteiger partial charge in [0.15, 0.2) is 0 Å². The summed E-state index contributed by atoms with van der Waals surface area (Å²) in [5, 5.41) is 10.4. The molecule has 3 heteroatoms. The van der Waals surface area contributed by atoms with Crippen molar-refractivity contribution in [3.63, 3.8) is 0 Å². The number of benzene rings is 2. The van der Waals surface area contributed by atoms with Gasteiger partial charge in [-0.05, 0) is 48.7 Å². The Morgan fingerprint density at radius 2 is 1.89 bits per heavy atom. The molecule has 0 saturated heterocycles. The largest absolute Gasteiger partial charge is 0.388 e. The number of aliphatic hydroxyl groups excluding tert-OH is 1. The fourth-order valence-corrected chi connectivity index (χ4v) is 2.55. The maximum absolute atomic E-state index is 13.2. The van der Waals surface area contributed by atoms with Gasteiger partial charge in [-0.25, -0.2) is 4.39 Å². The standard InChI is InChI=1S/C16H16BrFO/c1-10-3-4-11(2)14(7-10)16(19)9-12-8-13(18)5-6-15(12)17/h3-8,16,19H,9H2,1-2H3. The van der Waals surface area contributed by atoms with E-state index < -0.39 is 6.10 Å². The van der Waals surface area contributed by atoms with Gasteiger partial charge in [0.25, 0.3) is 0 Å². The lowest BCUT2D eigenvalue weighted by atomic mass is 9.96. The van der Waals surface area contributed by atoms with Crippen LogP contribution in [0.4, 0.5) is 4.39 Å². The summed E-state index contributed by atoms with van der Waals surface area (Å²) in [5.74, 6) is -0.286. The maximum atomic E-state index is 13.2. The first-order valence-corrected chi connectivity index (χ1v) is 6.96. The van der Waals surface area contributed by atoms with Crippen LogP contribution in [0.15, 0.2) is 40.9 Å². The van der Waals surface area contributed by atoms with Crippen molar-refractivity contribution in [1.82, 2.24) is 0 Å². The maximum Gasteiger partial charge on any atom is 0.123 e. The molecule has 0 saturated carbocycles. The minimum atomic E-state index is -0.627. The number of aliphatic hydroxyl groups is 1. The molecule has 100 valence electrons. The monoisotopic (exact) mass is 322 g/mol. The first-order valence-electron chi connectivity index (χ1n) is 6.16. The van der Waals surface area contributed by atoms with Crippen LogP contribution >= 0.6 is 15.9 Å². The molecule has 0 aromatic heterocycles. The summed E-state index contributed by atoms with van der Waals surface area (Å²) >= 11 is 3.39. The smallest absolute Gasteiger partial charge is 0.123 e. The van der Waals surface area contributed by atoms with Gasteiger partial charge in [0.05, 0.1) is 6.10 Å². The van der Waals surface area contributed by atoms with Crippen LogP contribution in [-0.2, 0) is 6.42 Å².